The predicted molar refractivity (Wildman–Crippen MR) is 86.3 cm³/mol. The van der Waals surface area contributed by atoms with Crippen LogP contribution in [0.25, 0.3) is 0 Å². The van der Waals surface area contributed by atoms with Crippen molar-refractivity contribution in [3.8, 4) is 0 Å². The van der Waals surface area contributed by atoms with Gasteiger partial charge in [-0.25, -0.2) is 0 Å². The summed E-state index contributed by atoms with van der Waals surface area (Å²) in [7, 11) is 0. The Morgan fingerprint density at radius 3 is 2.26 bits per heavy atom. The summed E-state index contributed by atoms with van der Waals surface area (Å²) in [6.07, 6.45) is -4.33. The molecule has 3 rings (SSSR count). The number of nitrogens with one attached hydrogen (secondary N) is 2. The van der Waals surface area contributed by atoms with E-state index in [0.717, 1.165) is 49.7 Å². The van der Waals surface area contributed by atoms with E-state index in [1.54, 1.807) is 6.07 Å². The zero-order valence-electron chi connectivity index (χ0n) is 12.5. The molecule has 3 nitrogen and oxygen atoms in total. The lowest BCUT2D eigenvalue weighted by Gasteiger charge is -2.29. The highest BCUT2D eigenvalue weighted by Gasteiger charge is 2.30. The number of nitrogens with zero attached hydrogens (tertiary/aromatic N) is 1. The molecule has 0 amide bonds. The Labute approximate surface area is 133 Å². The molecule has 2 aromatic carbocycles. The van der Waals surface area contributed by atoms with Crippen molar-refractivity contribution in [1.82, 2.24) is 5.32 Å². The second kappa shape index (κ2) is 6.50. The van der Waals surface area contributed by atoms with Gasteiger partial charge in [0.15, 0.2) is 0 Å². The van der Waals surface area contributed by atoms with E-state index in [-0.39, 0.29) is 0 Å². The number of anilines is 3. The van der Waals surface area contributed by atoms with Gasteiger partial charge in [-0.05, 0) is 42.5 Å². The van der Waals surface area contributed by atoms with Crippen molar-refractivity contribution in [3.05, 3.63) is 54.1 Å². The topological polar surface area (TPSA) is 27.3 Å². The van der Waals surface area contributed by atoms with E-state index in [9.17, 15) is 13.2 Å². The normalized spacial score (nSPS) is 15.5. The van der Waals surface area contributed by atoms with Gasteiger partial charge in [0.2, 0.25) is 0 Å². The van der Waals surface area contributed by atoms with Gasteiger partial charge >= 0.3 is 6.18 Å². The van der Waals surface area contributed by atoms with Crippen LogP contribution in [0.15, 0.2) is 48.5 Å². The zero-order chi connectivity index (χ0) is 16.3. The molecule has 1 fully saturated rings. The molecule has 122 valence electrons. The molecule has 0 aromatic heterocycles. The Morgan fingerprint density at radius 1 is 0.913 bits per heavy atom. The summed E-state index contributed by atoms with van der Waals surface area (Å²) in [6.45, 7) is 3.84. The summed E-state index contributed by atoms with van der Waals surface area (Å²) in [4.78, 5) is 2.28. The van der Waals surface area contributed by atoms with Gasteiger partial charge in [0.25, 0.3) is 0 Å². The third kappa shape index (κ3) is 3.96. The van der Waals surface area contributed by atoms with E-state index >= 15 is 0 Å². The molecule has 1 saturated heterocycles. The quantitative estimate of drug-likeness (QED) is 0.899. The van der Waals surface area contributed by atoms with Crippen LogP contribution in [-0.2, 0) is 6.18 Å². The largest absolute Gasteiger partial charge is 0.416 e. The van der Waals surface area contributed by atoms with Crippen LogP contribution in [0, 0.1) is 0 Å². The van der Waals surface area contributed by atoms with Crippen molar-refractivity contribution in [1.29, 1.82) is 0 Å². The van der Waals surface area contributed by atoms with Crippen molar-refractivity contribution >= 4 is 17.1 Å². The van der Waals surface area contributed by atoms with Crippen molar-refractivity contribution < 1.29 is 13.2 Å². The van der Waals surface area contributed by atoms with Crippen LogP contribution in [0.5, 0.6) is 0 Å². The maximum absolute atomic E-state index is 12.7. The molecule has 0 spiro atoms. The van der Waals surface area contributed by atoms with Crippen LogP contribution in [0.2, 0.25) is 0 Å². The van der Waals surface area contributed by atoms with E-state index in [2.05, 4.69) is 15.5 Å². The van der Waals surface area contributed by atoms with Gasteiger partial charge in [-0.1, -0.05) is 6.07 Å². The third-order valence-corrected chi connectivity index (χ3v) is 3.83. The van der Waals surface area contributed by atoms with Crippen LogP contribution in [-0.4, -0.2) is 26.2 Å². The number of piperazine rings is 1. The Morgan fingerprint density at radius 2 is 1.61 bits per heavy atom. The lowest BCUT2D eigenvalue weighted by molar-refractivity contribution is -0.137. The molecule has 1 aliphatic heterocycles. The molecular formula is C17H18F3N3. The molecule has 0 saturated carbocycles. The molecule has 2 aromatic rings. The highest BCUT2D eigenvalue weighted by Crippen LogP contribution is 2.31. The van der Waals surface area contributed by atoms with Crippen molar-refractivity contribution in [3.63, 3.8) is 0 Å². The van der Waals surface area contributed by atoms with Gasteiger partial charge in [-0.15, -0.1) is 0 Å². The second-order valence-corrected chi connectivity index (χ2v) is 5.49. The van der Waals surface area contributed by atoms with Gasteiger partial charge in [-0.2, -0.15) is 13.2 Å². The van der Waals surface area contributed by atoms with Gasteiger partial charge in [-0.3, -0.25) is 0 Å². The zero-order valence-corrected chi connectivity index (χ0v) is 12.5. The number of hydrogen-bond acceptors (Lipinski definition) is 3. The number of hydrogen-bond donors (Lipinski definition) is 2. The smallest absolute Gasteiger partial charge is 0.369 e. The predicted octanol–water partition coefficient (Wildman–Crippen LogP) is 3.86. The SMILES string of the molecule is FC(F)(F)c1cccc(Nc2ccc(N3CCNCC3)cc2)c1. The number of rotatable bonds is 3. The Hall–Kier alpha value is -2.21. The molecule has 2 N–H and O–H groups in total. The van der Waals surface area contributed by atoms with Crippen LogP contribution in [0.1, 0.15) is 5.56 Å². The molecule has 0 radical (unpaired) electrons. The lowest BCUT2D eigenvalue weighted by atomic mass is 10.2. The first-order valence-electron chi connectivity index (χ1n) is 7.52. The first kappa shape index (κ1) is 15.7. The summed E-state index contributed by atoms with van der Waals surface area (Å²) in [5.74, 6) is 0. The van der Waals surface area contributed by atoms with Gasteiger partial charge in [0.1, 0.15) is 0 Å². The Kier molecular flexibility index (Phi) is 4.43. The van der Waals surface area contributed by atoms with Crippen LogP contribution in [0.3, 0.4) is 0 Å². The van der Waals surface area contributed by atoms with E-state index in [0.29, 0.717) is 5.69 Å². The molecule has 0 atom stereocenters. The number of alkyl halides is 3. The fourth-order valence-electron chi connectivity index (χ4n) is 2.62. The molecule has 1 aliphatic rings. The highest BCUT2D eigenvalue weighted by molar-refractivity contribution is 5.63. The minimum absolute atomic E-state index is 0.426. The average molecular weight is 321 g/mol. The van der Waals surface area contributed by atoms with Gasteiger partial charge < -0.3 is 15.5 Å². The average Bonchev–Trinajstić information content (AvgIpc) is 2.56. The molecule has 0 bridgehead atoms. The van der Waals surface area contributed by atoms with Crippen molar-refractivity contribution in [2.45, 2.75) is 6.18 Å². The fourth-order valence-corrected chi connectivity index (χ4v) is 2.62. The molecule has 1 heterocycles. The Bertz CT molecular complexity index is 647. The first-order valence-corrected chi connectivity index (χ1v) is 7.52. The van der Waals surface area contributed by atoms with Crippen LogP contribution >= 0.6 is 0 Å². The summed E-state index contributed by atoms with van der Waals surface area (Å²) in [5, 5.41) is 6.32. The Balaban J connectivity index is 1.71. The van der Waals surface area contributed by atoms with Crippen LogP contribution in [0.4, 0.5) is 30.2 Å². The highest BCUT2D eigenvalue weighted by atomic mass is 19.4. The van der Waals surface area contributed by atoms with Gasteiger partial charge in [0.05, 0.1) is 5.56 Å². The fraction of sp³-hybridized carbons (Fsp3) is 0.294. The monoisotopic (exact) mass is 321 g/mol. The second-order valence-electron chi connectivity index (χ2n) is 5.49. The molecule has 0 unspecified atom stereocenters. The molecule has 6 heteroatoms. The summed E-state index contributed by atoms with van der Waals surface area (Å²) >= 11 is 0. The standard InChI is InChI=1S/C17H18F3N3/c18-17(19,20)13-2-1-3-15(12-13)22-14-4-6-16(7-5-14)23-10-8-21-9-11-23/h1-7,12,21-22H,8-11H2. The minimum Gasteiger partial charge on any atom is -0.369 e. The minimum atomic E-state index is -4.33. The van der Waals surface area contributed by atoms with E-state index in [1.165, 1.54) is 6.07 Å². The van der Waals surface area contributed by atoms with Crippen molar-refractivity contribution in [2.24, 2.45) is 0 Å². The molecule has 23 heavy (non-hydrogen) atoms. The summed E-state index contributed by atoms with van der Waals surface area (Å²) in [5.41, 5.74) is 1.67. The maximum atomic E-state index is 12.7. The first-order chi connectivity index (χ1) is 11.0. The van der Waals surface area contributed by atoms with Crippen molar-refractivity contribution in [2.75, 3.05) is 36.4 Å². The van der Waals surface area contributed by atoms with E-state index in [4.69, 9.17) is 0 Å². The molecule has 0 aliphatic carbocycles. The van der Waals surface area contributed by atoms with E-state index in [1.807, 2.05) is 24.3 Å². The van der Waals surface area contributed by atoms with Gasteiger partial charge in [0, 0.05) is 43.2 Å². The lowest BCUT2D eigenvalue weighted by Crippen LogP contribution is -2.43. The summed E-state index contributed by atoms with van der Waals surface area (Å²) in [6, 6.07) is 13.0. The number of halogens is 3. The van der Waals surface area contributed by atoms with E-state index < -0.39 is 11.7 Å². The maximum Gasteiger partial charge on any atom is 0.416 e. The third-order valence-electron chi connectivity index (χ3n) is 3.83. The number of benzene rings is 2. The molecular weight excluding hydrogens is 303 g/mol. The summed E-state index contributed by atoms with van der Waals surface area (Å²) < 4.78 is 38.2. The van der Waals surface area contributed by atoms with Crippen LogP contribution < -0.4 is 15.5 Å².